The van der Waals surface area contributed by atoms with Crippen molar-refractivity contribution in [3.63, 3.8) is 0 Å². The minimum atomic E-state index is -0.706. The van der Waals surface area contributed by atoms with E-state index in [4.69, 9.17) is 13.9 Å². The lowest BCUT2D eigenvalue weighted by Gasteiger charge is -2.17. The summed E-state index contributed by atoms with van der Waals surface area (Å²) >= 11 is 0. The molecule has 1 aromatic heterocycles. The molecule has 0 aliphatic carbocycles. The van der Waals surface area contributed by atoms with Crippen molar-refractivity contribution in [2.24, 2.45) is 5.92 Å². The van der Waals surface area contributed by atoms with E-state index in [0.717, 1.165) is 11.3 Å². The van der Waals surface area contributed by atoms with Crippen molar-refractivity contribution in [3.05, 3.63) is 53.0 Å². The Morgan fingerprint density at radius 2 is 1.89 bits per heavy atom. The molecule has 1 aromatic carbocycles. The zero-order chi connectivity index (χ0) is 20.0. The standard InChI is InChI=1S/C21H27NO5/c1-13(2)10-17(21(24)25-5)22-20(23)19-9-7-16(27-19)12-26-18-8-6-14(3)11-15(18)4/h6-9,11,13,17H,10,12H2,1-5H3,(H,22,23). The van der Waals surface area contributed by atoms with Crippen molar-refractivity contribution in [2.75, 3.05) is 7.11 Å². The monoisotopic (exact) mass is 373 g/mol. The van der Waals surface area contributed by atoms with Gasteiger partial charge in [-0.3, -0.25) is 4.79 Å². The summed E-state index contributed by atoms with van der Waals surface area (Å²) in [4.78, 5) is 24.2. The number of ether oxygens (including phenoxy) is 2. The summed E-state index contributed by atoms with van der Waals surface area (Å²) in [6, 6.07) is 8.48. The second-order valence-corrected chi connectivity index (χ2v) is 7.00. The highest BCUT2D eigenvalue weighted by Crippen LogP contribution is 2.20. The summed E-state index contributed by atoms with van der Waals surface area (Å²) < 4.78 is 16.1. The van der Waals surface area contributed by atoms with Gasteiger partial charge in [-0.1, -0.05) is 31.5 Å². The van der Waals surface area contributed by atoms with Gasteiger partial charge in [0.1, 0.15) is 24.2 Å². The van der Waals surface area contributed by atoms with E-state index in [1.54, 1.807) is 12.1 Å². The molecule has 0 spiro atoms. The second-order valence-electron chi connectivity index (χ2n) is 7.00. The van der Waals surface area contributed by atoms with Gasteiger partial charge in [-0.05, 0) is 49.9 Å². The van der Waals surface area contributed by atoms with E-state index in [9.17, 15) is 9.59 Å². The molecule has 2 rings (SSSR count). The second kappa shape index (κ2) is 9.26. The number of amides is 1. The molecule has 1 N–H and O–H groups in total. The van der Waals surface area contributed by atoms with Gasteiger partial charge in [0, 0.05) is 0 Å². The van der Waals surface area contributed by atoms with Gasteiger partial charge in [-0.25, -0.2) is 4.79 Å². The van der Waals surface area contributed by atoms with Crippen LogP contribution >= 0.6 is 0 Å². The zero-order valence-corrected chi connectivity index (χ0v) is 16.5. The van der Waals surface area contributed by atoms with Gasteiger partial charge in [0.15, 0.2) is 5.76 Å². The van der Waals surface area contributed by atoms with Crippen LogP contribution in [0.1, 0.15) is 47.7 Å². The number of carbonyl (C=O) groups is 2. The summed E-state index contributed by atoms with van der Waals surface area (Å²) in [5, 5.41) is 2.67. The third-order valence-corrected chi connectivity index (χ3v) is 4.08. The van der Waals surface area contributed by atoms with Crippen LogP contribution in [-0.2, 0) is 16.1 Å². The maximum atomic E-state index is 12.4. The molecule has 0 aliphatic rings. The highest BCUT2D eigenvalue weighted by molar-refractivity contribution is 5.94. The molecule has 1 unspecified atom stereocenters. The van der Waals surface area contributed by atoms with Crippen LogP contribution in [0.3, 0.4) is 0 Å². The molecule has 2 aromatic rings. The fraction of sp³-hybridized carbons (Fsp3) is 0.429. The minimum Gasteiger partial charge on any atom is -0.485 e. The number of benzene rings is 1. The molecule has 27 heavy (non-hydrogen) atoms. The van der Waals surface area contributed by atoms with Crippen molar-refractivity contribution in [1.82, 2.24) is 5.32 Å². The fourth-order valence-corrected chi connectivity index (χ4v) is 2.74. The van der Waals surface area contributed by atoms with Crippen LogP contribution in [-0.4, -0.2) is 25.0 Å². The van der Waals surface area contributed by atoms with E-state index in [0.29, 0.717) is 12.2 Å². The van der Waals surface area contributed by atoms with Crippen molar-refractivity contribution in [1.29, 1.82) is 0 Å². The van der Waals surface area contributed by atoms with E-state index >= 15 is 0 Å². The predicted octanol–water partition coefficient (Wildman–Crippen LogP) is 3.79. The highest BCUT2D eigenvalue weighted by Gasteiger charge is 2.24. The van der Waals surface area contributed by atoms with Gasteiger partial charge in [0.05, 0.1) is 7.11 Å². The van der Waals surface area contributed by atoms with Crippen LogP contribution < -0.4 is 10.1 Å². The lowest BCUT2D eigenvalue weighted by molar-refractivity contribution is -0.143. The first-order chi connectivity index (χ1) is 12.8. The van der Waals surface area contributed by atoms with E-state index in [1.807, 2.05) is 45.9 Å². The van der Waals surface area contributed by atoms with Crippen molar-refractivity contribution < 1.29 is 23.5 Å². The molecule has 0 bridgehead atoms. The first-order valence-electron chi connectivity index (χ1n) is 8.97. The van der Waals surface area contributed by atoms with Gasteiger partial charge in [0.25, 0.3) is 5.91 Å². The topological polar surface area (TPSA) is 77.8 Å². The summed E-state index contributed by atoms with van der Waals surface area (Å²) in [6.45, 7) is 8.15. The number of methoxy groups -OCH3 is 1. The van der Waals surface area contributed by atoms with Crippen LogP contribution in [0.25, 0.3) is 0 Å². The summed E-state index contributed by atoms with van der Waals surface area (Å²) in [5.74, 6) is 0.731. The van der Waals surface area contributed by atoms with E-state index in [1.165, 1.54) is 12.7 Å². The highest BCUT2D eigenvalue weighted by atomic mass is 16.5. The molecule has 6 nitrogen and oxygen atoms in total. The molecule has 1 amide bonds. The van der Waals surface area contributed by atoms with Gasteiger partial charge in [-0.2, -0.15) is 0 Å². The molecular weight excluding hydrogens is 346 g/mol. The lowest BCUT2D eigenvalue weighted by atomic mass is 10.0. The number of esters is 1. The van der Waals surface area contributed by atoms with Gasteiger partial charge >= 0.3 is 5.97 Å². The Kier molecular flexibility index (Phi) is 7.05. The van der Waals surface area contributed by atoms with E-state index < -0.39 is 17.9 Å². The third kappa shape index (κ3) is 5.88. The fourth-order valence-electron chi connectivity index (χ4n) is 2.74. The number of hydrogen-bond donors (Lipinski definition) is 1. The average molecular weight is 373 g/mol. The van der Waals surface area contributed by atoms with E-state index in [-0.39, 0.29) is 18.3 Å². The Balaban J connectivity index is 1.98. The molecular formula is C21H27NO5. The maximum absolute atomic E-state index is 12.4. The van der Waals surface area contributed by atoms with Crippen molar-refractivity contribution in [2.45, 2.75) is 46.8 Å². The molecule has 0 saturated carbocycles. The third-order valence-electron chi connectivity index (χ3n) is 4.08. The van der Waals surface area contributed by atoms with Crippen LogP contribution in [0.5, 0.6) is 5.75 Å². The molecule has 0 saturated heterocycles. The van der Waals surface area contributed by atoms with E-state index in [2.05, 4.69) is 5.32 Å². The Labute approximate surface area is 159 Å². The van der Waals surface area contributed by atoms with Gasteiger partial charge < -0.3 is 19.2 Å². The molecule has 6 heteroatoms. The maximum Gasteiger partial charge on any atom is 0.328 e. The Morgan fingerprint density at radius 1 is 1.15 bits per heavy atom. The van der Waals surface area contributed by atoms with Crippen LogP contribution in [0, 0.1) is 19.8 Å². The van der Waals surface area contributed by atoms with Gasteiger partial charge in [0.2, 0.25) is 0 Å². The van der Waals surface area contributed by atoms with Crippen molar-refractivity contribution in [3.8, 4) is 5.75 Å². The molecule has 1 atom stereocenters. The SMILES string of the molecule is COC(=O)C(CC(C)C)NC(=O)c1ccc(COc2ccc(C)cc2C)o1. The van der Waals surface area contributed by atoms with Crippen LogP contribution in [0.15, 0.2) is 34.7 Å². The molecule has 146 valence electrons. The summed E-state index contributed by atoms with van der Waals surface area (Å²) in [5.41, 5.74) is 2.20. The normalized spacial score (nSPS) is 11.9. The van der Waals surface area contributed by atoms with Crippen LogP contribution in [0.4, 0.5) is 0 Å². The number of hydrogen-bond acceptors (Lipinski definition) is 5. The quantitative estimate of drug-likeness (QED) is 0.712. The molecule has 0 radical (unpaired) electrons. The first-order valence-corrected chi connectivity index (χ1v) is 8.97. The smallest absolute Gasteiger partial charge is 0.328 e. The average Bonchev–Trinajstić information content (AvgIpc) is 3.08. The molecule has 0 fully saturated rings. The number of aryl methyl sites for hydroxylation is 2. The summed E-state index contributed by atoms with van der Waals surface area (Å²) in [6.07, 6.45) is 0.488. The van der Waals surface area contributed by atoms with Gasteiger partial charge in [-0.15, -0.1) is 0 Å². The molecule has 0 aliphatic heterocycles. The Bertz CT molecular complexity index is 794. The predicted molar refractivity (Wildman–Crippen MR) is 102 cm³/mol. The van der Waals surface area contributed by atoms with Crippen LogP contribution in [0.2, 0.25) is 0 Å². The minimum absolute atomic E-state index is 0.131. The zero-order valence-electron chi connectivity index (χ0n) is 16.5. The first kappa shape index (κ1) is 20.6. The summed E-state index contributed by atoms with van der Waals surface area (Å²) in [7, 11) is 1.30. The Morgan fingerprint density at radius 3 is 2.52 bits per heavy atom. The molecule has 1 heterocycles. The lowest BCUT2D eigenvalue weighted by Crippen LogP contribution is -2.42. The number of carbonyl (C=O) groups excluding carboxylic acids is 2. The largest absolute Gasteiger partial charge is 0.485 e. The van der Waals surface area contributed by atoms with Crippen molar-refractivity contribution >= 4 is 11.9 Å². The number of rotatable bonds is 8. The number of nitrogens with one attached hydrogen (secondary N) is 1. The number of furan rings is 1. The Hall–Kier alpha value is -2.76.